The quantitative estimate of drug-likeness (QED) is 0.470. The summed E-state index contributed by atoms with van der Waals surface area (Å²) in [5.41, 5.74) is 3.05. The summed E-state index contributed by atoms with van der Waals surface area (Å²) in [5.74, 6) is -0.249. The molecule has 32 heavy (non-hydrogen) atoms. The van der Waals surface area contributed by atoms with Crippen molar-refractivity contribution in [3.05, 3.63) is 102 Å². The van der Waals surface area contributed by atoms with E-state index in [0.717, 1.165) is 16.8 Å². The second kappa shape index (κ2) is 11.1. The van der Waals surface area contributed by atoms with Gasteiger partial charge in [-0.15, -0.1) is 0 Å². The lowest BCUT2D eigenvalue weighted by atomic mass is 10.2. The van der Waals surface area contributed by atoms with E-state index in [9.17, 15) is 9.59 Å². The van der Waals surface area contributed by atoms with Gasteiger partial charge in [0.1, 0.15) is 6.54 Å². The van der Waals surface area contributed by atoms with Crippen LogP contribution in [0.15, 0.2) is 85.1 Å². The minimum Gasteiger partial charge on any atom is -0.353 e. The molecule has 1 aromatic heterocycles. The van der Waals surface area contributed by atoms with Crippen LogP contribution in [0.25, 0.3) is 6.08 Å². The molecule has 0 aliphatic carbocycles. The normalized spacial score (nSPS) is 11.1. The molecule has 0 radical (unpaired) electrons. The van der Waals surface area contributed by atoms with Crippen molar-refractivity contribution in [3.63, 3.8) is 0 Å². The van der Waals surface area contributed by atoms with Gasteiger partial charge in [0, 0.05) is 37.6 Å². The lowest BCUT2D eigenvalue weighted by Gasteiger charge is -2.29. The largest absolute Gasteiger partial charge is 0.353 e. The number of aromatic nitrogens is 1. The summed E-state index contributed by atoms with van der Waals surface area (Å²) in [7, 11) is 1.97. The zero-order valence-corrected chi connectivity index (χ0v) is 19.0. The maximum absolute atomic E-state index is 13.4. The van der Waals surface area contributed by atoms with Crippen LogP contribution in [-0.4, -0.2) is 38.8 Å². The number of hydrogen-bond acceptors (Lipinski definition) is 2. The molecule has 5 nitrogen and oxygen atoms in total. The molecule has 0 saturated heterocycles. The second-order valence-electron chi connectivity index (χ2n) is 8.15. The Morgan fingerprint density at radius 2 is 1.56 bits per heavy atom. The Balaban J connectivity index is 1.76. The van der Waals surface area contributed by atoms with Gasteiger partial charge in [0.05, 0.1) is 6.54 Å². The molecule has 0 bridgehead atoms. The molecular formula is C27H31N3O2. The van der Waals surface area contributed by atoms with Gasteiger partial charge >= 0.3 is 0 Å². The van der Waals surface area contributed by atoms with E-state index < -0.39 is 0 Å². The molecule has 0 unspecified atom stereocenters. The van der Waals surface area contributed by atoms with Crippen molar-refractivity contribution in [1.82, 2.24) is 14.4 Å². The topological polar surface area (TPSA) is 45.6 Å². The molecule has 5 heteroatoms. The number of amides is 2. The van der Waals surface area contributed by atoms with Crippen molar-refractivity contribution in [2.75, 3.05) is 6.54 Å². The van der Waals surface area contributed by atoms with E-state index in [4.69, 9.17) is 0 Å². The third kappa shape index (κ3) is 6.45. The second-order valence-corrected chi connectivity index (χ2v) is 8.15. The fraction of sp³-hybridized carbons (Fsp3) is 0.259. The number of hydrogen-bond donors (Lipinski definition) is 0. The number of carbonyl (C=O) groups excluding carboxylic acids is 2. The molecule has 3 rings (SSSR count). The van der Waals surface area contributed by atoms with E-state index in [1.165, 1.54) is 0 Å². The molecule has 0 aliphatic heterocycles. The summed E-state index contributed by atoms with van der Waals surface area (Å²) in [6, 6.07) is 23.5. The Morgan fingerprint density at radius 1 is 0.906 bits per heavy atom. The molecule has 166 valence electrons. The monoisotopic (exact) mass is 429 g/mol. The minimum atomic E-state index is -0.171. The van der Waals surface area contributed by atoms with Crippen LogP contribution in [0.5, 0.6) is 0 Å². The molecular weight excluding hydrogens is 398 g/mol. The Hall–Kier alpha value is -3.60. The molecule has 0 saturated carbocycles. The molecule has 0 spiro atoms. The van der Waals surface area contributed by atoms with Crippen molar-refractivity contribution in [1.29, 1.82) is 0 Å². The van der Waals surface area contributed by atoms with E-state index in [1.54, 1.807) is 17.1 Å². The predicted molar refractivity (Wildman–Crippen MR) is 128 cm³/mol. The minimum absolute atomic E-state index is 0.0346. The summed E-state index contributed by atoms with van der Waals surface area (Å²) < 4.78 is 2.01. The van der Waals surface area contributed by atoms with Gasteiger partial charge in [0.25, 0.3) is 0 Å². The molecule has 0 N–H and O–H groups in total. The fourth-order valence-corrected chi connectivity index (χ4v) is 3.48. The smallest absolute Gasteiger partial charge is 0.247 e. The maximum atomic E-state index is 13.4. The lowest BCUT2D eigenvalue weighted by molar-refractivity contribution is -0.140. The predicted octanol–water partition coefficient (Wildman–Crippen LogP) is 4.50. The van der Waals surface area contributed by atoms with E-state index >= 15 is 0 Å². The Labute approximate surface area is 190 Å². The molecule has 2 aromatic carbocycles. The number of nitrogens with zero attached hydrogens (tertiary/aromatic N) is 3. The van der Waals surface area contributed by atoms with Crippen molar-refractivity contribution in [2.24, 2.45) is 7.05 Å². The third-order valence-electron chi connectivity index (χ3n) is 5.40. The molecule has 2 amide bonds. The third-order valence-corrected chi connectivity index (χ3v) is 5.40. The van der Waals surface area contributed by atoms with Gasteiger partial charge in [0.15, 0.2) is 0 Å². The van der Waals surface area contributed by atoms with E-state index in [0.29, 0.717) is 13.1 Å². The highest BCUT2D eigenvalue weighted by atomic mass is 16.2. The zero-order valence-electron chi connectivity index (χ0n) is 19.0. The van der Waals surface area contributed by atoms with E-state index in [2.05, 4.69) is 0 Å². The number of benzene rings is 2. The van der Waals surface area contributed by atoms with Crippen LogP contribution >= 0.6 is 0 Å². The zero-order chi connectivity index (χ0) is 22.9. The summed E-state index contributed by atoms with van der Waals surface area (Å²) in [6.07, 6.45) is 5.30. The van der Waals surface area contributed by atoms with Crippen LogP contribution in [0.2, 0.25) is 0 Å². The SMILES string of the molecule is CC(C)N(CC(=O)N(Cc1ccccc1)Cc1cccn1C)C(=O)C=Cc1ccccc1. The fourth-order valence-electron chi connectivity index (χ4n) is 3.48. The molecule has 0 fully saturated rings. The van der Waals surface area contributed by atoms with Crippen LogP contribution in [0.1, 0.15) is 30.7 Å². The standard InChI is InChI=1S/C27H31N3O2/c1-22(2)30(26(31)17-16-23-11-6-4-7-12-23)21-27(32)29(19-24-13-8-5-9-14-24)20-25-15-10-18-28(25)3/h4-18,22H,19-21H2,1-3H3. The molecule has 1 heterocycles. The van der Waals surface area contributed by atoms with Crippen molar-refractivity contribution in [2.45, 2.75) is 33.0 Å². The average Bonchev–Trinajstić information content (AvgIpc) is 3.20. The molecule has 0 aliphatic rings. The number of aryl methyl sites for hydroxylation is 1. The van der Waals surface area contributed by atoms with E-state index in [-0.39, 0.29) is 24.4 Å². The highest BCUT2D eigenvalue weighted by molar-refractivity contribution is 5.94. The van der Waals surface area contributed by atoms with E-state index in [1.807, 2.05) is 109 Å². The Kier molecular flexibility index (Phi) is 8.03. The molecule has 0 atom stereocenters. The lowest BCUT2D eigenvalue weighted by Crippen LogP contribution is -2.45. The summed E-state index contributed by atoms with van der Waals surface area (Å²) >= 11 is 0. The van der Waals surface area contributed by atoms with Gasteiger partial charge in [-0.1, -0.05) is 60.7 Å². The van der Waals surface area contributed by atoms with Crippen LogP contribution in [0.4, 0.5) is 0 Å². The summed E-state index contributed by atoms with van der Waals surface area (Å²) in [5, 5.41) is 0. The van der Waals surface area contributed by atoms with Crippen LogP contribution in [0.3, 0.4) is 0 Å². The van der Waals surface area contributed by atoms with Gasteiger partial charge in [-0.25, -0.2) is 0 Å². The highest BCUT2D eigenvalue weighted by Crippen LogP contribution is 2.13. The van der Waals surface area contributed by atoms with Crippen LogP contribution in [0, 0.1) is 0 Å². The van der Waals surface area contributed by atoms with Crippen LogP contribution < -0.4 is 0 Å². The maximum Gasteiger partial charge on any atom is 0.247 e. The van der Waals surface area contributed by atoms with Crippen molar-refractivity contribution in [3.8, 4) is 0 Å². The first-order valence-electron chi connectivity index (χ1n) is 10.9. The van der Waals surface area contributed by atoms with Crippen molar-refractivity contribution < 1.29 is 9.59 Å². The Bertz CT molecular complexity index is 1040. The van der Waals surface area contributed by atoms with Gasteiger partial charge < -0.3 is 14.4 Å². The summed E-state index contributed by atoms with van der Waals surface area (Å²) in [4.78, 5) is 29.7. The highest BCUT2D eigenvalue weighted by Gasteiger charge is 2.23. The van der Waals surface area contributed by atoms with Gasteiger partial charge in [-0.05, 0) is 43.2 Å². The number of carbonyl (C=O) groups is 2. The first-order valence-corrected chi connectivity index (χ1v) is 10.9. The van der Waals surface area contributed by atoms with Crippen molar-refractivity contribution >= 4 is 17.9 Å². The molecule has 3 aromatic rings. The van der Waals surface area contributed by atoms with Gasteiger partial charge in [0.2, 0.25) is 11.8 Å². The average molecular weight is 430 g/mol. The van der Waals surface area contributed by atoms with Gasteiger partial charge in [-0.2, -0.15) is 0 Å². The first-order chi connectivity index (χ1) is 15.4. The number of rotatable bonds is 9. The summed E-state index contributed by atoms with van der Waals surface area (Å²) in [6.45, 7) is 4.87. The Morgan fingerprint density at radius 3 is 2.16 bits per heavy atom. The van der Waals surface area contributed by atoms with Gasteiger partial charge in [-0.3, -0.25) is 9.59 Å². The first kappa shape index (κ1) is 23.1. The van der Waals surface area contributed by atoms with Crippen LogP contribution in [-0.2, 0) is 29.7 Å².